The topological polar surface area (TPSA) is 76.1 Å². The van der Waals surface area contributed by atoms with Gasteiger partial charge in [-0.2, -0.15) is 0 Å². The van der Waals surface area contributed by atoms with Crippen molar-refractivity contribution in [2.24, 2.45) is 0 Å². The van der Waals surface area contributed by atoms with Crippen molar-refractivity contribution in [3.8, 4) is 0 Å². The lowest BCUT2D eigenvalue weighted by Crippen LogP contribution is -2.08. The third kappa shape index (κ3) is 4.06. The van der Waals surface area contributed by atoms with Crippen molar-refractivity contribution >= 4 is 22.7 Å². The summed E-state index contributed by atoms with van der Waals surface area (Å²) < 4.78 is 0. The summed E-state index contributed by atoms with van der Waals surface area (Å²) in [4.78, 5) is 0. The van der Waals surface area contributed by atoms with Crippen LogP contribution in [0, 0.1) is 0 Å². The van der Waals surface area contributed by atoms with Gasteiger partial charge in [0.25, 0.3) is 0 Å². The van der Waals surface area contributed by atoms with E-state index in [2.05, 4.69) is 24.5 Å². The third-order valence-corrected chi connectivity index (χ3v) is 2.63. The summed E-state index contributed by atoms with van der Waals surface area (Å²) in [6, 6.07) is 3.81. The highest BCUT2D eigenvalue weighted by atomic mass is 14.9. The van der Waals surface area contributed by atoms with E-state index in [1.165, 1.54) is 6.42 Å². The molecular formula is C13H24N4. The van der Waals surface area contributed by atoms with Gasteiger partial charge in [-0.15, -0.1) is 0 Å². The van der Waals surface area contributed by atoms with E-state index in [9.17, 15) is 0 Å². The fourth-order valence-corrected chi connectivity index (χ4v) is 1.60. The molecule has 0 heterocycles. The van der Waals surface area contributed by atoms with Gasteiger partial charge < -0.3 is 22.1 Å². The Labute approximate surface area is 104 Å². The molecule has 6 N–H and O–H groups in total. The highest BCUT2D eigenvalue weighted by Gasteiger charge is 2.04. The predicted octanol–water partition coefficient (Wildman–Crippen LogP) is 2.88. The van der Waals surface area contributed by atoms with Crippen LogP contribution in [0.15, 0.2) is 12.1 Å². The van der Waals surface area contributed by atoms with E-state index in [1.807, 2.05) is 12.1 Å². The van der Waals surface area contributed by atoms with Gasteiger partial charge in [0.15, 0.2) is 0 Å². The Hall–Kier alpha value is -1.58. The maximum absolute atomic E-state index is 5.99. The summed E-state index contributed by atoms with van der Waals surface area (Å²) in [6.07, 6.45) is 3.36. The van der Waals surface area contributed by atoms with E-state index in [0.717, 1.165) is 48.7 Å². The van der Waals surface area contributed by atoms with Crippen LogP contribution in [0.1, 0.15) is 33.1 Å². The zero-order valence-corrected chi connectivity index (χ0v) is 10.8. The number of nitrogens with two attached hydrogens (primary N) is 2. The molecule has 0 fully saturated rings. The number of hydrogen-bond acceptors (Lipinski definition) is 4. The first-order chi connectivity index (χ1) is 8.19. The Kier molecular flexibility index (Phi) is 5.46. The summed E-state index contributed by atoms with van der Waals surface area (Å²) in [5.41, 5.74) is 15.3. The van der Waals surface area contributed by atoms with Gasteiger partial charge in [0.05, 0.1) is 22.7 Å². The maximum atomic E-state index is 5.99. The lowest BCUT2D eigenvalue weighted by molar-refractivity contribution is 0.834. The molecule has 0 saturated heterocycles. The number of nitrogens with one attached hydrogen (secondary N) is 2. The lowest BCUT2D eigenvalue weighted by atomic mass is 10.2. The fraction of sp³-hybridized carbons (Fsp3) is 0.538. The van der Waals surface area contributed by atoms with E-state index in [1.54, 1.807) is 0 Å². The van der Waals surface area contributed by atoms with Crippen molar-refractivity contribution in [3.05, 3.63) is 12.1 Å². The van der Waals surface area contributed by atoms with Crippen LogP contribution in [-0.2, 0) is 0 Å². The largest absolute Gasteiger partial charge is 0.397 e. The van der Waals surface area contributed by atoms with E-state index in [-0.39, 0.29) is 0 Å². The molecule has 0 aliphatic carbocycles. The van der Waals surface area contributed by atoms with Crippen LogP contribution in [0.3, 0.4) is 0 Å². The van der Waals surface area contributed by atoms with Crippen LogP contribution in [0.5, 0.6) is 0 Å². The van der Waals surface area contributed by atoms with Gasteiger partial charge >= 0.3 is 0 Å². The number of hydrogen-bond donors (Lipinski definition) is 4. The molecule has 0 bridgehead atoms. The summed E-state index contributed by atoms with van der Waals surface area (Å²) in [7, 11) is 0. The van der Waals surface area contributed by atoms with Crippen molar-refractivity contribution in [1.82, 2.24) is 0 Å². The second-order valence-electron chi connectivity index (χ2n) is 4.23. The normalized spacial score (nSPS) is 10.2. The van der Waals surface area contributed by atoms with Crippen molar-refractivity contribution < 1.29 is 0 Å². The average molecular weight is 236 g/mol. The fourth-order valence-electron chi connectivity index (χ4n) is 1.60. The zero-order valence-electron chi connectivity index (χ0n) is 10.8. The molecule has 4 heteroatoms. The van der Waals surface area contributed by atoms with E-state index < -0.39 is 0 Å². The number of benzene rings is 1. The predicted molar refractivity (Wildman–Crippen MR) is 77.4 cm³/mol. The molecular weight excluding hydrogens is 212 g/mol. The molecule has 4 nitrogen and oxygen atoms in total. The summed E-state index contributed by atoms with van der Waals surface area (Å²) >= 11 is 0. The molecule has 0 aliphatic heterocycles. The second-order valence-corrected chi connectivity index (χ2v) is 4.23. The molecule has 0 radical (unpaired) electrons. The molecule has 0 unspecified atom stereocenters. The SMILES string of the molecule is CCCCNc1cc(N)c(NCCC)cc1N. The smallest absolute Gasteiger partial charge is 0.0596 e. The Morgan fingerprint density at radius 1 is 0.882 bits per heavy atom. The molecule has 0 aliphatic rings. The monoisotopic (exact) mass is 236 g/mol. The minimum Gasteiger partial charge on any atom is -0.397 e. The minimum atomic E-state index is 0.742. The average Bonchev–Trinajstić information content (AvgIpc) is 2.31. The first-order valence-electron chi connectivity index (χ1n) is 6.35. The van der Waals surface area contributed by atoms with Gasteiger partial charge in [-0.3, -0.25) is 0 Å². The molecule has 0 atom stereocenters. The van der Waals surface area contributed by atoms with E-state index >= 15 is 0 Å². The molecule has 0 spiro atoms. The van der Waals surface area contributed by atoms with Crippen molar-refractivity contribution in [2.75, 3.05) is 35.2 Å². The van der Waals surface area contributed by atoms with Crippen LogP contribution in [0.25, 0.3) is 0 Å². The third-order valence-electron chi connectivity index (χ3n) is 2.63. The number of rotatable bonds is 7. The Balaban J connectivity index is 2.71. The van der Waals surface area contributed by atoms with Gasteiger partial charge in [0.1, 0.15) is 0 Å². The molecule has 96 valence electrons. The standard InChI is InChI=1S/C13H24N4/c1-3-5-7-17-13-9-10(14)12(8-11(13)15)16-6-4-2/h8-9,16-17H,3-7,14-15H2,1-2H3. The van der Waals surface area contributed by atoms with E-state index in [4.69, 9.17) is 11.5 Å². The zero-order chi connectivity index (χ0) is 12.7. The van der Waals surface area contributed by atoms with Crippen molar-refractivity contribution in [3.63, 3.8) is 0 Å². The molecule has 1 aromatic carbocycles. The maximum Gasteiger partial charge on any atom is 0.0596 e. The number of unbranched alkanes of at least 4 members (excludes halogenated alkanes) is 1. The highest BCUT2D eigenvalue weighted by molar-refractivity contribution is 5.81. The van der Waals surface area contributed by atoms with E-state index in [0.29, 0.717) is 0 Å². The first kappa shape index (κ1) is 13.5. The quantitative estimate of drug-likeness (QED) is 0.434. The van der Waals surface area contributed by atoms with Crippen LogP contribution in [0.2, 0.25) is 0 Å². The van der Waals surface area contributed by atoms with Crippen LogP contribution < -0.4 is 22.1 Å². The summed E-state index contributed by atoms with van der Waals surface area (Å²) in [5.74, 6) is 0. The second kappa shape index (κ2) is 6.89. The highest BCUT2D eigenvalue weighted by Crippen LogP contribution is 2.29. The Morgan fingerprint density at radius 2 is 1.41 bits per heavy atom. The van der Waals surface area contributed by atoms with Gasteiger partial charge in [-0.05, 0) is 25.0 Å². The molecule has 0 amide bonds. The first-order valence-corrected chi connectivity index (χ1v) is 6.35. The van der Waals surface area contributed by atoms with Gasteiger partial charge in [-0.1, -0.05) is 20.3 Å². The molecule has 0 saturated carbocycles. The summed E-state index contributed by atoms with van der Waals surface area (Å²) in [6.45, 7) is 6.12. The molecule has 1 aromatic rings. The van der Waals surface area contributed by atoms with Crippen LogP contribution in [0.4, 0.5) is 22.7 Å². The Bertz CT molecular complexity index is 350. The van der Waals surface area contributed by atoms with Gasteiger partial charge in [0.2, 0.25) is 0 Å². The van der Waals surface area contributed by atoms with Gasteiger partial charge in [-0.25, -0.2) is 0 Å². The van der Waals surface area contributed by atoms with Crippen LogP contribution in [-0.4, -0.2) is 13.1 Å². The van der Waals surface area contributed by atoms with Crippen LogP contribution >= 0.6 is 0 Å². The van der Waals surface area contributed by atoms with Gasteiger partial charge in [0, 0.05) is 13.1 Å². The number of anilines is 4. The summed E-state index contributed by atoms with van der Waals surface area (Å²) in [5, 5.41) is 6.57. The lowest BCUT2D eigenvalue weighted by Gasteiger charge is -2.14. The molecule has 17 heavy (non-hydrogen) atoms. The van der Waals surface area contributed by atoms with Crippen molar-refractivity contribution in [1.29, 1.82) is 0 Å². The van der Waals surface area contributed by atoms with Crippen molar-refractivity contribution in [2.45, 2.75) is 33.1 Å². The number of nitrogen functional groups attached to an aromatic ring is 2. The molecule has 1 rings (SSSR count). The Morgan fingerprint density at radius 3 is 1.88 bits per heavy atom. The minimum absolute atomic E-state index is 0.742. The molecule has 0 aromatic heterocycles.